The van der Waals surface area contributed by atoms with Crippen molar-refractivity contribution < 1.29 is 29.3 Å². The smallest absolute Gasteiger partial charge is 0.408 e. The summed E-state index contributed by atoms with van der Waals surface area (Å²) in [7, 11) is 0. The second kappa shape index (κ2) is 14.1. The molecule has 0 spiro atoms. The van der Waals surface area contributed by atoms with Gasteiger partial charge in [-0.05, 0) is 65.7 Å². The van der Waals surface area contributed by atoms with E-state index in [1.807, 2.05) is 20.8 Å². The minimum Gasteiger partial charge on any atom is -0.508 e. The van der Waals surface area contributed by atoms with Crippen LogP contribution >= 0.6 is 0 Å². The molecule has 36 heavy (non-hydrogen) atoms. The van der Waals surface area contributed by atoms with Gasteiger partial charge in [-0.1, -0.05) is 44.7 Å². The normalized spacial score (nSPS) is 13.4. The second-order valence-corrected chi connectivity index (χ2v) is 11.1. The van der Waals surface area contributed by atoms with Crippen molar-refractivity contribution in [3.8, 4) is 5.75 Å². The van der Waals surface area contributed by atoms with Crippen molar-refractivity contribution in [2.24, 2.45) is 0 Å². The Kier molecular flexibility index (Phi) is 12.2. The van der Waals surface area contributed by atoms with Crippen molar-refractivity contribution in [3.05, 3.63) is 29.8 Å². The Morgan fingerprint density at radius 1 is 0.972 bits per heavy atom. The summed E-state index contributed by atoms with van der Waals surface area (Å²) in [4.78, 5) is 41.0. The van der Waals surface area contributed by atoms with Gasteiger partial charge in [-0.15, -0.1) is 0 Å². The maximum absolute atomic E-state index is 13.7. The van der Waals surface area contributed by atoms with Crippen LogP contribution in [-0.2, 0) is 14.3 Å². The van der Waals surface area contributed by atoms with E-state index in [1.54, 1.807) is 32.9 Å². The van der Waals surface area contributed by atoms with Gasteiger partial charge in [-0.3, -0.25) is 9.59 Å². The molecule has 2 atom stereocenters. The molecule has 0 bridgehead atoms. The van der Waals surface area contributed by atoms with Gasteiger partial charge < -0.3 is 30.5 Å². The van der Waals surface area contributed by atoms with Gasteiger partial charge in [-0.25, -0.2) is 4.79 Å². The molecule has 0 aliphatic carbocycles. The lowest BCUT2D eigenvalue weighted by Gasteiger charge is -2.35. The number of phenols is 1. The first-order valence-corrected chi connectivity index (χ1v) is 12.7. The Morgan fingerprint density at radius 3 is 2.06 bits per heavy atom. The van der Waals surface area contributed by atoms with Crippen LogP contribution < -0.4 is 10.6 Å². The molecular weight excluding hydrogens is 462 g/mol. The minimum atomic E-state index is -1.29. The van der Waals surface area contributed by atoms with Crippen molar-refractivity contribution in [2.45, 2.75) is 104 Å². The monoisotopic (exact) mass is 507 g/mol. The topological polar surface area (TPSA) is 128 Å². The fraction of sp³-hybridized carbons (Fsp3) is 0.667. The number of nitrogens with one attached hydrogen (secondary N) is 2. The van der Waals surface area contributed by atoms with Crippen LogP contribution in [-0.4, -0.2) is 63.4 Å². The van der Waals surface area contributed by atoms with E-state index in [0.717, 1.165) is 25.7 Å². The fourth-order valence-corrected chi connectivity index (χ4v) is 3.66. The first-order valence-electron chi connectivity index (χ1n) is 12.7. The Bertz CT molecular complexity index is 843. The number of nitrogens with zero attached hydrogens (tertiary/aromatic N) is 1. The van der Waals surface area contributed by atoms with Gasteiger partial charge in [-0.2, -0.15) is 0 Å². The van der Waals surface area contributed by atoms with E-state index in [4.69, 9.17) is 4.74 Å². The lowest BCUT2D eigenvalue weighted by Crippen LogP contribution is -2.55. The number of alkyl carbamates (subject to hydrolysis) is 1. The summed E-state index contributed by atoms with van der Waals surface area (Å²) in [5, 5.41) is 25.2. The molecule has 204 valence electrons. The number of hydrogen-bond donors (Lipinski definition) is 4. The summed E-state index contributed by atoms with van der Waals surface area (Å²) in [5.74, 6) is -0.962. The number of carbonyl (C=O) groups excluding carboxylic acids is 3. The van der Waals surface area contributed by atoms with Crippen molar-refractivity contribution in [3.63, 3.8) is 0 Å². The molecule has 1 aromatic carbocycles. The number of aliphatic hydroxyl groups is 1. The van der Waals surface area contributed by atoms with E-state index < -0.39 is 47.7 Å². The molecule has 0 aromatic heterocycles. The highest BCUT2D eigenvalue weighted by Crippen LogP contribution is 2.26. The number of benzene rings is 1. The summed E-state index contributed by atoms with van der Waals surface area (Å²) < 4.78 is 5.26. The number of aromatic hydroxyl groups is 1. The van der Waals surface area contributed by atoms with Gasteiger partial charge in [0, 0.05) is 12.1 Å². The van der Waals surface area contributed by atoms with Crippen molar-refractivity contribution in [1.29, 1.82) is 0 Å². The molecule has 0 aliphatic heterocycles. The lowest BCUT2D eigenvalue weighted by molar-refractivity contribution is -0.144. The van der Waals surface area contributed by atoms with E-state index in [1.165, 1.54) is 17.0 Å². The third-order valence-corrected chi connectivity index (χ3v) is 5.22. The summed E-state index contributed by atoms with van der Waals surface area (Å²) >= 11 is 0. The van der Waals surface area contributed by atoms with Gasteiger partial charge in [0.2, 0.25) is 11.8 Å². The van der Waals surface area contributed by atoms with Gasteiger partial charge in [0.15, 0.2) is 0 Å². The van der Waals surface area contributed by atoms with E-state index >= 15 is 0 Å². The van der Waals surface area contributed by atoms with Crippen LogP contribution in [0.3, 0.4) is 0 Å². The molecule has 0 heterocycles. The summed E-state index contributed by atoms with van der Waals surface area (Å²) in [5.41, 5.74) is -0.842. The molecule has 0 saturated carbocycles. The molecule has 4 N–H and O–H groups in total. The number of unbranched alkanes of at least 4 members (excludes halogenated alkanes) is 4. The average molecular weight is 508 g/mol. The Balaban J connectivity index is 3.37. The van der Waals surface area contributed by atoms with Gasteiger partial charge in [0.25, 0.3) is 0 Å². The van der Waals surface area contributed by atoms with Crippen molar-refractivity contribution >= 4 is 17.9 Å². The number of amides is 3. The zero-order valence-corrected chi connectivity index (χ0v) is 22.9. The van der Waals surface area contributed by atoms with E-state index in [0.29, 0.717) is 12.0 Å². The largest absolute Gasteiger partial charge is 0.508 e. The Morgan fingerprint density at radius 2 is 1.56 bits per heavy atom. The predicted molar refractivity (Wildman–Crippen MR) is 139 cm³/mol. The number of carbonyl (C=O) groups is 3. The number of phenolic OH excluding ortho intramolecular Hbond substituents is 1. The molecule has 0 radical (unpaired) electrons. The second-order valence-electron chi connectivity index (χ2n) is 11.1. The van der Waals surface area contributed by atoms with Crippen LogP contribution in [0.2, 0.25) is 0 Å². The van der Waals surface area contributed by atoms with E-state index in [2.05, 4.69) is 17.6 Å². The molecule has 9 heteroatoms. The molecule has 0 saturated heterocycles. The molecule has 1 rings (SSSR count). The molecule has 0 aliphatic rings. The maximum atomic E-state index is 13.7. The first kappa shape index (κ1) is 31.2. The Hall–Kier alpha value is -2.81. The number of hydrogen-bond acceptors (Lipinski definition) is 6. The van der Waals surface area contributed by atoms with Crippen LogP contribution in [0.4, 0.5) is 4.79 Å². The highest BCUT2D eigenvalue weighted by atomic mass is 16.6. The SMILES string of the molecule is CCCCCCCN(C(=O)C(CO)NC(=O)OC(C)(C)C)C(C(=O)NC(C)(C)C)c1ccc(O)cc1. The summed E-state index contributed by atoms with van der Waals surface area (Å²) in [6.45, 7) is 12.3. The quantitative estimate of drug-likeness (QED) is 0.316. The van der Waals surface area contributed by atoms with E-state index in [-0.39, 0.29) is 12.3 Å². The van der Waals surface area contributed by atoms with Crippen LogP contribution in [0.1, 0.15) is 92.2 Å². The van der Waals surface area contributed by atoms with Gasteiger partial charge in [0.1, 0.15) is 23.4 Å². The highest BCUT2D eigenvalue weighted by molar-refractivity contribution is 5.92. The van der Waals surface area contributed by atoms with Crippen LogP contribution in [0.15, 0.2) is 24.3 Å². The molecule has 9 nitrogen and oxygen atoms in total. The van der Waals surface area contributed by atoms with Crippen molar-refractivity contribution in [1.82, 2.24) is 15.5 Å². The van der Waals surface area contributed by atoms with Crippen LogP contribution in [0.5, 0.6) is 5.75 Å². The number of rotatable bonds is 12. The highest BCUT2D eigenvalue weighted by Gasteiger charge is 2.37. The molecule has 2 unspecified atom stereocenters. The van der Waals surface area contributed by atoms with Gasteiger partial charge in [0.05, 0.1) is 6.61 Å². The third-order valence-electron chi connectivity index (χ3n) is 5.22. The molecule has 1 aromatic rings. The maximum Gasteiger partial charge on any atom is 0.408 e. The number of ether oxygens (including phenoxy) is 1. The number of aliphatic hydroxyl groups excluding tert-OH is 1. The standard InChI is InChI=1S/C27H45N3O6/c1-8-9-10-11-12-17-30(24(34)21(18-31)28-25(35)36-27(5,6)7)22(23(33)29-26(2,3)4)19-13-15-20(32)16-14-19/h13-16,21-22,31-32H,8-12,17-18H2,1-7H3,(H,28,35)(H,29,33). The molecular formula is C27H45N3O6. The third kappa shape index (κ3) is 11.3. The zero-order valence-electron chi connectivity index (χ0n) is 22.9. The van der Waals surface area contributed by atoms with E-state index in [9.17, 15) is 24.6 Å². The van der Waals surface area contributed by atoms with Crippen LogP contribution in [0.25, 0.3) is 0 Å². The molecule has 0 fully saturated rings. The minimum absolute atomic E-state index is 0.0333. The predicted octanol–water partition coefficient (Wildman–Crippen LogP) is 4.03. The van der Waals surface area contributed by atoms with Crippen LogP contribution in [0, 0.1) is 0 Å². The summed E-state index contributed by atoms with van der Waals surface area (Å²) in [6.07, 6.45) is 3.81. The first-order chi connectivity index (χ1) is 16.7. The van der Waals surface area contributed by atoms with Gasteiger partial charge >= 0.3 is 6.09 Å². The zero-order chi connectivity index (χ0) is 27.5. The average Bonchev–Trinajstić information content (AvgIpc) is 2.74. The lowest BCUT2D eigenvalue weighted by atomic mass is 10.00. The Labute approximate surface area is 215 Å². The summed E-state index contributed by atoms with van der Waals surface area (Å²) in [6, 6.07) is 3.78. The molecule has 3 amide bonds. The van der Waals surface area contributed by atoms with Crippen molar-refractivity contribution in [2.75, 3.05) is 13.2 Å². The fourth-order valence-electron chi connectivity index (χ4n) is 3.66.